The Morgan fingerprint density at radius 2 is 1.77 bits per heavy atom. The van der Waals surface area contributed by atoms with Crippen molar-refractivity contribution in [2.24, 2.45) is 0 Å². The van der Waals surface area contributed by atoms with Gasteiger partial charge in [0.25, 0.3) is 5.91 Å². The predicted molar refractivity (Wildman–Crippen MR) is 100 cm³/mol. The first kappa shape index (κ1) is 19.2. The molecule has 0 heterocycles. The van der Waals surface area contributed by atoms with Crippen molar-refractivity contribution in [1.29, 1.82) is 0 Å². The van der Waals surface area contributed by atoms with Crippen molar-refractivity contribution in [1.82, 2.24) is 5.32 Å². The molecular weight excluding hydrogens is 356 g/mol. The molecule has 0 aliphatic heterocycles. The van der Waals surface area contributed by atoms with E-state index in [9.17, 15) is 14.4 Å². The van der Waals surface area contributed by atoms with Gasteiger partial charge in [0, 0.05) is 23.7 Å². The van der Waals surface area contributed by atoms with Gasteiger partial charge in [-0.2, -0.15) is 0 Å². The second-order valence-corrected chi connectivity index (χ2v) is 5.64. The van der Waals surface area contributed by atoms with Crippen LogP contribution in [0.1, 0.15) is 26.3 Å². The van der Waals surface area contributed by atoms with Crippen molar-refractivity contribution in [2.45, 2.75) is 0 Å². The van der Waals surface area contributed by atoms with Crippen LogP contribution in [-0.4, -0.2) is 31.9 Å². The molecule has 0 saturated heterocycles. The topological polar surface area (TPSA) is 84.5 Å². The number of halogens is 1. The van der Waals surface area contributed by atoms with Gasteiger partial charge in [-0.15, -0.1) is 0 Å². The van der Waals surface area contributed by atoms with Gasteiger partial charge in [0.1, 0.15) is 0 Å². The molecule has 0 saturated carbocycles. The lowest BCUT2D eigenvalue weighted by Gasteiger charge is -2.08. The van der Waals surface area contributed by atoms with Gasteiger partial charge in [-0.25, -0.2) is 4.79 Å². The lowest BCUT2D eigenvalue weighted by Crippen LogP contribution is -2.17. The Morgan fingerprint density at radius 1 is 1.08 bits per heavy atom. The number of anilines is 1. The maximum atomic E-state index is 12.1. The lowest BCUT2D eigenvalue weighted by molar-refractivity contribution is -0.111. The van der Waals surface area contributed by atoms with Crippen LogP contribution in [-0.2, 0) is 9.53 Å². The van der Waals surface area contributed by atoms with Gasteiger partial charge in [-0.1, -0.05) is 23.7 Å². The highest BCUT2D eigenvalue weighted by molar-refractivity contribution is 6.31. The van der Waals surface area contributed by atoms with Crippen LogP contribution in [0.5, 0.6) is 0 Å². The van der Waals surface area contributed by atoms with Crippen LogP contribution in [0.15, 0.2) is 48.5 Å². The summed E-state index contributed by atoms with van der Waals surface area (Å²) in [4.78, 5) is 35.4. The number of carbonyl (C=O) groups is 3. The molecule has 6 nitrogen and oxygen atoms in total. The van der Waals surface area contributed by atoms with Crippen LogP contribution in [0.4, 0.5) is 5.69 Å². The number of hydrogen-bond acceptors (Lipinski definition) is 4. The quantitative estimate of drug-likeness (QED) is 0.623. The van der Waals surface area contributed by atoms with Crippen molar-refractivity contribution in [3.05, 3.63) is 70.3 Å². The maximum absolute atomic E-state index is 12.1. The molecule has 0 fully saturated rings. The number of benzene rings is 2. The highest BCUT2D eigenvalue weighted by atomic mass is 35.5. The van der Waals surface area contributed by atoms with Gasteiger partial charge in [0.2, 0.25) is 5.91 Å². The average molecular weight is 373 g/mol. The summed E-state index contributed by atoms with van der Waals surface area (Å²) in [7, 11) is 2.80. The molecule has 2 aromatic rings. The number of hydrogen-bond donors (Lipinski definition) is 2. The van der Waals surface area contributed by atoms with Crippen molar-refractivity contribution < 1.29 is 19.1 Å². The number of carbonyl (C=O) groups excluding carboxylic acids is 3. The largest absolute Gasteiger partial charge is 0.465 e. The average Bonchev–Trinajstić information content (AvgIpc) is 2.66. The molecule has 7 heteroatoms. The SMILES string of the molecule is CNC(=O)c1ccc(/C=C/C(=O)Nc2ccc(Cl)cc2C(=O)OC)cc1. The number of rotatable bonds is 5. The fourth-order valence-electron chi connectivity index (χ4n) is 2.14. The minimum Gasteiger partial charge on any atom is -0.465 e. The van der Waals surface area contributed by atoms with Crippen molar-refractivity contribution in [3.63, 3.8) is 0 Å². The molecule has 2 amide bonds. The van der Waals surface area contributed by atoms with Gasteiger partial charge in [-0.3, -0.25) is 9.59 Å². The fourth-order valence-corrected chi connectivity index (χ4v) is 2.31. The first-order chi connectivity index (χ1) is 12.4. The summed E-state index contributed by atoms with van der Waals surface area (Å²) in [6.45, 7) is 0. The van der Waals surface area contributed by atoms with Crippen LogP contribution >= 0.6 is 11.6 Å². The van der Waals surface area contributed by atoms with E-state index in [4.69, 9.17) is 11.6 Å². The normalized spacial score (nSPS) is 10.4. The summed E-state index contributed by atoms with van der Waals surface area (Å²) in [5.74, 6) is -1.21. The number of amides is 2. The summed E-state index contributed by atoms with van der Waals surface area (Å²) in [6.07, 6.45) is 2.92. The van der Waals surface area contributed by atoms with Crippen molar-refractivity contribution in [2.75, 3.05) is 19.5 Å². The van der Waals surface area contributed by atoms with E-state index in [-0.39, 0.29) is 11.5 Å². The minimum absolute atomic E-state index is 0.164. The summed E-state index contributed by atoms with van der Waals surface area (Å²) in [5.41, 5.74) is 1.73. The Hall–Kier alpha value is -3.12. The molecule has 2 aromatic carbocycles. The van der Waals surface area contributed by atoms with Gasteiger partial charge >= 0.3 is 5.97 Å². The first-order valence-corrected chi connectivity index (χ1v) is 8.01. The standard InChI is InChI=1S/C19H17ClN2O4/c1-21-18(24)13-6-3-12(4-7-13)5-10-17(23)22-16-9-8-14(20)11-15(16)19(25)26-2/h3-11H,1-2H3,(H,21,24)(H,22,23)/b10-5+. The van der Waals surface area contributed by atoms with Crippen LogP contribution in [0.2, 0.25) is 5.02 Å². The number of methoxy groups -OCH3 is 1. The molecule has 2 N–H and O–H groups in total. The zero-order chi connectivity index (χ0) is 19.1. The zero-order valence-electron chi connectivity index (χ0n) is 14.2. The van der Waals surface area contributed by atoms with E-state index >= 15 is 0 Å². The molecule has 0 atom stereocenters. The van der Waals surface area contributed by atoms with Crippen LogP contribution < -0.4 is 10.6 Å². The van der Waals surface area contributed by atoms with Gasteiger partial charge in [-0.05, 0) is 42.0 Å². The summed E-state index contributed by atoms with van der Waals surface area (Å²) in [6, 6.07) is 11.3. The summed E-state index contributed by atoms with van der Waals surface area (Å²) in [5, 5.41) is 5.50. The lowest BCUT2D eigenvalue weighted by atomic mass is 10.1. The minimum atomic E-state index is -0.600. The molecule has 26 heavy (non-hydrogen) atoms. The third-order valence-corrected chi connectivity index (χ3v) is 3.71. The fraction of sp³-hybridized carbons (Fsp3) is 0.105. The third kappa shape index (κ3) is 4.94. The third-order valence-electron chi connectivity index (χ3n) is 3.47. The van der Waals surface area contributed by atoms with Crippen LogP contribution in [0, 0.1) is 0 Å². The van der Waals surface area contributed by atoms with Gasteiger partial charge in [0.05, 0.1) is 18.4 Å². The van der Waals surface area contributed by atoms with Gasteiger partial charge in [0.15, 0.2) is 0 Å². The van der Waals surface area contributed by atoms with Crippen LogP contribution in [0.3, 0.4) is 0 Å². The Bertz CT molecular complexity index is 860. The summed E-state index contributed by atoms with van der Waals surface area (Å²) < 4.78 is 4.68. The number of nitrogens with one attached hydrogen (secondary N) is 2. The highest BCUT2D eigenvalue weighted by Crippen LogP contribution is 2.21. The molecular formula is C19H17ClN2O4. The van der Waals surface area contributed by atoms with E-state index in [0.717, 1.165) is 5.56 Å². The molecule has 0 radical (unpaired) electrons. The Labute approximate surface area is 155 Å². The molecule has 0 aliphatic carbocycles. The maximum Gasteiger partial charge on any atom is 0.340 e. The molecule has 0 spiro atoms. The molecule has 0 bridgehead atoms. The Kier molecular flexibility index (Phi) is 6.52. The molecule has 0 unspecified atom stereocenters. The van der Waals surface area contributed by atoms with Crippen molar-refractivity contribution in [3.8, 4) is 0 Å². The number of esters is 1. The second-order valence-electron chi connectivity index (χ2n) is 5.21. The molecule has 0 aromatic heterocycles. The molecule has 0 aliphatic rings. The predicted octanol–water partition coefficient (Wildman–Crippen LogP) is 3.14. The number of ether oxygens (including phenoxy) is 1. The zero-order valence-corrected chi connectivity index (χ0v) is 15.0. The van der Waals surface area contributed by atoms with E-state index in [1.165, 1.54) is 25.3 Å². The monoisotopic (exact) mass is 372 g/mol. The smallest absolute Gasteiger partial charge is 0.340 e. The van der Waals surface area contributed by atoms with E-state index in [1.54, 1.807) is 43.5 Å². The highest BCUT2D eigenvalue weighted by Gasteiger charge is 2.13. The van der Waals surface area contributed by atoms with E-state index in [2.05, 4.69) is 15.4 Å². The Balaban J connectivity index is 2.10. The summed E-state index contributed by atoms with van der Waals surface area (Å²) >= 11 is 5.88. The van der Waals surface area contributed by atoms with E-state index in [1.807, 2.05) is 0 Å². The second kappa shape index (κ2) is 8.82. The van der Waals surface area contributed by atoms with E-state index < -0.39 is 11.9 Å². The van der Waals surface area contributed by atoms with E-state index in [0.29, 0.717) is 16.3 Å². The Morgan fingerprint density at radius 3 is 2.38 bits per heavy atom. The molecule has 2 rings (SSSR count). The van der Waals surface area contributed by atoms with Crippen LogP contribution in [0.25, 0.3) is 6.08 Å². The van der Waals surface area contributed by atoms with Gasteiger partial charge < -0.3 is 15.4 Å². The first-order valence-electron chi connectivity index (χ1n) is 7.63. The molecule has 134 valence electrons. The van der Waals surface area contributed by atoms with Crippen molar-refractivity contribution >= 4 is 41.1 Å².